The molecule has 0 aliphatic rings. The standard InChI is InChI=1S/C23H27Cl2N3O4/c24-18-12-17(13-19(25)23(18)27)20(29)15-28-9-5-1-2-8-22(30)32-11-10-31-21-7-4-3-6-16(21)14-26/h3-4,6-7,12-13,20,28-29H,1-2,5,8-11,15,27H2. The zero-order valence-electron chi connectivity index (χ0n) is 17.7. The highest BCUT2D eigenvalue weighted by atomic mass is 35.5. The Morgan fingerprint density at radius 3 is 2.59 bits per heavy atom. The Morgan fingerprint density at radius 1 is 1.16 bits per heavy atom. The molecule has 1 atom stereocenters. The normalized spacial score (nSPS) is 11.6. The number of carbonyl (C=O) groups is 1. The second-order valence-electron chi connectivity index (χ2n) is 7.11. The topological polar surface area (TPSA) is 118 Å². The van der Waals surface area contributed by atoms with Crippen LogP contribution in [-0.4, -0.2) is 37.4 Å². The summed E-state index contributed by atoms with van der Waals surface area (Å²) < 4.78 is 10.6. The first-order valence-corrected chi connectivity index (χ1v) is 11.1. The Morgan fingerprint density at radius 2 is 1.88 bits per heavy atom. The molecule has 0 aliphatic carbocycles. The van der Waals surface area contributed by atoms with Crippen LogP contribution in [0.5, 0.6) is 5.75 Å². The molecule has 2 rings (SSSR count). The third-order valence-electron chi connectivity index (χ3n) is 4.67. The third kappa shape index (κ3) is 8.56. The van der Waals surface area contributed by atoms with Gasteiger partial charge in [-0.2, -0.15) is 5.26 Å². The number of benzene rings is 2. The molecule has 0 bridgehead atoms. The summed E-state index contributed by atoms with van der Waals surface area (Å²) in [6.45, 7) is 1.39. The maximum absolute atomic E-state index is 11.8. The monoisotopic (exact) mass is 479 g/mol. The van der Waals surface area contributed by atoms with Gasteiger partial charge in [0.25, 0.3) is 0 Å². The summed E-state index contributed by atoms with van der Waals surface area (Å²) in [5.41, 5.74) is 7.04. The van der Waals surface area contributed by atoms with Gasteiger partial charge >= 0.3 is 5.97 Å². The average molecular weight is 480 g/mol. The molecule has 2 aromatic rings. The van der Waals surface area contributed by atoms with E-state index in [1.807, 2.05) is 6.07 Å². The summed E-state index contributed by atoms with van der Waals surface area (Å²) in [6, 6.07) is 12.2. The quantitative estimate of drug-likeness (QED) is 0.223. The summed E-state index contributed by atoms with van der Waals surface area (Å²) in [7, 11) is 0. The number of ether oxygens (including phenoxy) is 2. The molecule has 2 aromatic carbocycles. The van der Waals surface area contributed by atoms with E-state index in [-0.39, 0.29) is 19.2 Å². The fourth-order valence-corrected chi connectivity index (χ4v) is 3.42. The van der Waals surface area contributed by atoms with E-state index < -0.39 is 6.10 Å². The fraction of sp³-hybridized carbons (Fsp3) is 0.391. The van der Waals surface area contributed by atoms with E-state index in [0.717, 1.165) is 12.8 Å². The number of nitrogens with zero attached hydrogens (tertiary/aromatic N) is 1. The maximum atomic E-state index is 11.8. The van der Waals surface area contributed by atoms with Gasteiger partial charge in [0.15, 0.2) is 0 Å². The van der Waals surface area contributed by atoms with Crippen LogP contribution >= 0.6 is 23.2 Å². The molecule has 32 heavy (non-hydrogen) atoms. The molecule has 0 aliphatic heterocycles. The van der Waals surface area contributed by atoms with Crippen LogP contribution in [0.1, 0.15) is 42.9 Å². The van der Waals surface area contributed by atoms with Gasteiger partial charge in [-0.15, -0.1) is 0 Å². The van der Waals surface area contributed by atoms with E-state index in [9.17, 15) is 9.90 Å². The highest BCUT2D eigenvalue weighted by Crippen LogP contribution is 2.31. The van der Waals surface area contributed by atoms with Crippen molar-refractivity contribution in [1.82, 2.24) is 5.32 Å². The van der Waals surface area contributed by atoms with Crippen molar-refractivity contribution in [2.45, 2.75) is 31.8 Å². The van der Waals surface area contributed by atoms with Gasteiger partial charge in [-0.25, -0.2) is 0 Å². The number of rotatable bonds is 13. The van der Waals surface area contributed by atoms with Gasteiger partial charge in [-0.05, 0) is 49.2 Å². The van der Waals surface area contributed by atoms with Gasteiger partial charge in [-0.3, -0.25) is 4.79 Å². The van der Waals surface area contributed by atoms with Gasteiger partial charge in [0, 0.05) is 13.0 Å². The summed E-state index contributed by atoms with van der Waals surface area (Å²) in [6.07, 6.45) is 2.01. The fourth-order valence-electron chi connectivity index (χ4n) is 2.91. The number of nitrogens with one attached hydrogen (secondary N) is 1. The van der Waals surface area contributed by atoms with Crippen molar-refractivity contribution >= 4 is 34.9 Å². The Bertz CT molecular complexity index is 911. The molecule has 0 radical (unpaired) electrons. The Balaban J connectivity index is 1.51. The molecular weight excluding hydrogens is 453 g/mol. The van der Waals surface area contributed by atoms with Gasteiger partial charge in [0.05, 0.1) is 27.4 Å². The zero-order chi connectivity index (χ0) is 23.3. The van der Waals surface area contributed by atoms with E-state index in [1.165, 1.54) is 0 Å². The van der Waals surface area contributed by atoms with Gasteiger partial charge in [-0.1, -0.05) is 41.8 Å². The molecule has 0 fully saturated rings. The van der Waals surface area contributed by atoms with Gasteiger partial charge in [0.1, 0.15) is 25.0 Å². The second-order valence-corrected chi connectivity index (χ2v) is 7.92. The van der Waals surface area contributed by atoms with Crippen molar-refractivity contribution in [2.75, 3.05) is 32.0 Å². The molecule has 0 saturated carbocycles. The van der Waals surface area contributed by atoms with Crippen molar-refractivity contribution in [2.24, 2.45) is 0 Å². The molecule has 0 spiro atoms. The molecule has 0 saturated heterocycles. The highest BCUT2D eigenvalue weighted by Gasteiger charge is 2.12. The van der Waals surface area contributed by atoms with Crippen molar-refractivity contribution < 1.29 is 19.4 Å². The van der Waals surface area contributed by atoms with E-state index in [1.54, 1.807) is 36.4 Å². The van der Waals surface area contributed by atoms with Crippen molar-refractivity contribution in [1.29, 1.82) is 5.26 Å². The summed E-state index contributed by atoms with van der Waals surface area (Å²) >= 11 is 12.0. The van der Waals surface area contributed by atoms with Crippen molar-refractivity contribution in [3.63, 3.8) is 0 Å². The number of para-hydroxylation sites is 1. The number of hydrogen-bond donors (Lipinski definition) is 3. The molecule has 0 heterocycles. The lowest BCUT2D eigenvalue weighted by Gasteiger charge is -2.14. The number of nitrogen functional groups attached to an aromatic ring is 1. The van der Waals surface area contributed by atoms with Crippen molar-refractivity contribution in [3.05, 3.63) is 57.6 Å². The first-order valence-electron chi connectivity index (χ1n) is 10.3. The van der Waals surface area contributed by atoms with E-state index in [2.05, 4.69) is 5.32 Å². The van der Waals surface area contributed by atoms with Crippen LogP contribution in [-0.2, 0) is 9.53 Å². The smallest absolute Gasteiger partial charge is 0.305 e. The van der Waals surface area contributed by atoms with Crippen LogP contribution in [0.15, 0.2) is 36.4 Å². The first-order chi connectivity index (χ1) is 15.4. The second kappa shape index (κ2) is 13.8. The number of hydrogen-bond acceptors (Lipinski definition) is 7. The molecule has 9 heteroatoms. The summed E-state index contributed by atoms with van der Waals surface area (Å²) in [5.74, 6) is 0.203. The van der Waals surface area contributed by atoms with Crippen LogP contribution in [0.3, 0.4) is 0 Å². The van der Waals surface area contributed by atoms with Crippen LogP contribution in [0.2, 0.25) is 10.0 Å². The largest absolute Gasteiger partial charge is 0.489 e. The highest BCUT2D eigenvalue weighted by molar-refractivity contribution is 6.38. The summed E-state index contributed by atoms with van der Waals surface area (Å²) in [5, 5.41) is 23.0. The van der Waals surface area contributed by atoms with Gasteiger partial charge < -0.3 is 25.6 Å². The molecule has 172 valence electrons. The van der Waals surface area contributed by atoms with Crippen LogP contribution < -0.4 is 15.8 Å². The molecule has 0 amide bonds. The number of unbranched alkanes of at least 4 members (excludes halogenated alkanes) is 2. The third-order valence-corrected chi connectivity index (χ3v) is 5.30. The number of anilines is 1. The number of esters is 1. The number of carbonyl (C=O) groups excluding carboxylic acids is 1. The Kier molecular flexibility index (Phi) is 11.1. The Hall–Kier alpha value is -2.50. The number of nitriles is 1. The molecule has 0 aromatic heterocycles. The summed E-state index contributed by atoms with van der Waals surface area (Å²) in [4.78, 5) is 11.8. The zero-order valence-corrected chi connectivity index (χ0v) is 19.2. The first kappa shape index (κ1) is 25.8. The molecular formula is C23H27Cl2N3O4. The minimum Gasteiger partial charge on any atom is -0.489 e. The lowest BCUT2D eigenvalue weighted by Crippen LogP contribution is -2.22. The van der Waals surface area contributed by atoms with E-state index >= 15 is 0 Å². The predicted octanol–water partition coefficient (Wildman–Crippen LogP) is 4.25. The molecule has 7 nitrogen and oxygen atoms in total. The lowest BCUT2D eigenvalue weighted by molar-refractivity contribution is -0.144. The minimum atomic E-state index is -0.747. The SMILES string of the molecule is N#Cc1ccccc1OCCOC(=O)CCCCCNCC(O)c1cc(Cl)c(N)c(Cl)c1. The average Bonchev–Trinajstić information content (AvgIpc) is 2.79. The van der Waals surface area contributed by atoms with E-state index in [4.69, 9.17) is 43.7 Å². The maximum Gasteiger partial charge on any atom is 0.305 e. The van der Waals surface area contributed by atoms with Crippen LogP contribution in [0.4, 0.5) is 5.69 Å². The van der Waals surface area contributed by atoms with E-state index in [0.29, 0.717) is 58.5 Å². The number of aliphatic hydroxyl groups excluding tert-OH is 1. The number of aliphatic hydroxyl groups is 1. The van der Waals surface area contributed by atoms with Crippen molar-refractivity contribution in [3.8, 4) is 11.8 Å². The van der Waals surface area contributed by atoms with Crippen LogP contribution in [0.25, 0.3) is 0 Å². The van der Waals surface area contributed by atoms with Crippen LogP contribution in [0, 0.1) is 11.3 Å². The Labute approximate surface area is 198 Å². The van der Waals surface area contributed by atoms with Gasteiger partial charge in [0.2, 0.25) is 0 Å². The number of halogens is 2. The lowest BCUT2D eigenvalue weighted by atomic mass is 10.1. The predicted molar refractivity (Wildman–Crippen MR) is 125 cm³/mol. The molecule has 4 N–H and O–H groups in total. The number of nitrogens with two attached hydrogens (primary N) is 1. The minimum absolute atomic E-state index is 0.136. The molecule has 1 unspecified atom stereocenters.